The van der Waals surface area contributed by atoms with Gasteiger partial charge in [-0.2, -0.15) is 0 Å². The highest BCUT2D eigenvalue weighted by Crippen LogP contribution is 2.33. The smallest absolute Gasteiger partial charge is 0.258 e. The predicted molar refractivity (Wildman–Crippen MR) is 55.8 cm³/mol. The van der Waals surface area contributed by atoms with Crippen LogP contribution in [0.25, 0.3) is 0 Å². The average Bonchev–Trinajstić information content (AvgIpc) is 2.28. The van der Waals surface area contributed by atoms with Crippen molar-refractivity contribution in [2.24, 2.45) is 0 Å². The molecule has 0 radical (unpaired) electrons. The fraction of sp³-hybridized carbons (Fsp3) is 0.143. The summed E-state index contributed by atoms with van der Waals surface area (Å²) >= 11 is 0. The lowest BCUT2D eigenvalue weighted by Crippen LogP contribution is -2.50. The Hall–Kier alpha value is -3.18. The molecular formula is C7H4N4O8. The van der Waals surface area contributed by atoms with Crippen LogP contribution < -0.4 is 0 Å². The zero-order valence-electron chi connectivity index (χ0n) is 8.86. The van der Waals surface area contributed by atoms with Gasteiger partial charge in [-0.15, -0.1) is 0 Å². The fourth-order valence-electron chi connectivity index (χ4n) is 1.41. The number of nitrogens with zero attached hydrogens (tertiary/aromatic N) is 4. The number of para-hydroxylation sites is 1. The maximum Gasteiger partial charge on any atom is 0.735 e. The van der Waals surface area contributed by atoms with Gasteiger partial charge < -0.3 is 0 Å². The minimum absolute atomic E-state index is 0.604. The van der Waals surface area contributed by atoms with E-state index in [0.717, 1.165) is 12.1 Å². The third kappa shape index (κ3) is 1.90. The minimum Gasteiger partial charge on any atom is -0.258 e. The van der Waals surface area contributed by atoms with Crippen molar-refractivity contribution in [2.45, 2.75) is 5.79 Å². The minimum atomic E-state index is -4.01. The first-order valence-electron chi connectivity index (χ1n) is 4.43. The van der Waals surface area contributed by atoms with Crippen molar-refractivity contribution in [3.8, 4) is 0 Å². The van der Waals surface area contributed by atoms with Crippen LogP contribution in [0.3, 0.4) is 0 Å². The molecule has 12 nitrogen and oxygen atoms in total. The number of benzene rings is 1. The summed E-state index contributed by atoms with van der Waals surface area (Å²) in [5.41, 5.74) is -2.30. The standard InChI is InChI=1S/C7H4N4O8/c12-8(13)6-4-2-1-3-5(6)7(9(14)15,10(16)17)11(18)19/h1-4H. The number of hydrogen-bond acceptors (Lipinski definition) is 8. The van der Waals surface area contributed by atoms with Crippen molar-refractivity contribution in [3.63, 3.8) is 0 Å². The van der Waals surface area contributed by atoms with Crippen LogP contribution in [-0.4, -0.2) is 19.7 Å². The van der Waals surface area contributed by atoms with Crippen LogP contribution in [0.5, 0.6) is 0 Å². The number of nitro groups is 4. The van der Waals surface area contributed by atoms with Crippen molar-refractivity contribution in [1.29, 1.82) is 0 Å². The molecule has 0 N–H and O–H groups in total. The molecule has 1 rings (SSSR count). The highest BCUT2D eigenvalue weighted by molar-refractivity contribution is 5.41. The van der Waals surface area contributed by atoms with Gasteiger partial charge in [-0.05, 0) is 6.07 Å². The molecule has 0 heterocycles. The highest BCUT2D eigenvalue weighted by Gasteiger charge is 2.75. The molecule has 0 spiro atoms. The normalized spacial score (nSPS) is 10.7. The van der Waals surface area contributed by atoms with E-state index in [1.54, 1.807) is 0 Å². The summed E-state index contributed by atoms with van der Waals surface area (Å²) in [6, 6.07) is 3.38. The van der Waals surface area contributed by atoms with E-state index in [0.29, 0.717) is 12.1 Å². The Morgan fingerprint density at radius 1 is 0.789 bits per heavy atom. The molecule has 100 valence electrons. The molecule has 0 unspecified atom stereocenters. The zero-order valence-corrected chi connectivity index (χ0v) is 8.86. The molecule has 1 aromatic carbocycles. The number of nitro benzene ring substituents is 1. The summed E-state index contributed by atoms with van der Waals surface area (Å²) in [6.07, 6.45) is 0. The van der Waals surface area contributed by atoms with Gasteiger partial charge in [0.25, 0.3) is 11.3 Å². The van der Waals surface area contributed by atoms with Gasteiger partial charge in [-0.3, -0.25) is 40.5 Å². The highest BCUT2D eigenvalue weighted by atomic mass is 16.7. The maximum atomic E-state index is 10.8. The molecule has 0 aliphatic carbocycles. The topological polar surface area (TPSA) is 173 Å². The molecule has 0 atom stereocenters. The van der Waals surface area contributed by atoms with Crippen molar-refractivity contribution >= 4 is 5.69 Å². The van der Waals surface area contributed by atoms with Gasteiger partial charge in [-0.1, -0.05) is 12.1 Å². The molecular weight excluding hydrogens is 268 g/mol. The number of hydrogen-bond donors (Lipinski definition) is 0. The Morgan fingerprint density at radius 3 is 1.58 bits per heavy atom. The lowest BCUT2D eigenvalue weighted by Gasteiger charge is -2.08. The van der Waals surface area contributed by atoms with Crippen LogP contribution in [0.2, 0.25) is 0 Å². The van der Waals surface area contributed by atoms with Gasteiger partial charge >= 0.3 is 5.79 Å². The van der Waals surface area contributed by atoms with E-state index in [4.69, 9.17) is 0 Å². The summed E-state index contributed by atoms with van der Waals surface area (Å²) in [4.78, 5) is 36.5. The van der Waals surface area contributed by atoms with Crippen molar-refractivity contribution in [3.05, 3.63) is 70.3 Å². The Morgan fingerprint density at radius 2 is 1.21 bits per heavy atom. The number of rotatable bonds is 5. The van der Waals surface area contributed by atoms with Gasteiger partial charge in [0.15, 0.2) is 14.8 Å². The lowest BCUT2D eigenvalue weighted by atomic mass is 10.1. The Balaban J connectivity index is 3.78. The first kappa shape index (κ1) is 13.9. The zero-order chi connectivity index (χ0) is 14.8. The summed E-state index contributed by atoms with van der Waals surface area (Å²) in [6.45, 7) is 0. The first-order chi connectivity index (χ1) is 8.76. The van der Waals surface area contributed by atoms with E-state index in [1.165, 1.54) is 0 Å². The molecule has 0 bridgehead atoms. The molecule has 0 saturated carbocycles. The van der Waals surface area contributed by atoms with E-state index < -0.39 is 36.7 Å². The SMILES string of the molecule is O=[N+]([O-])c1ccccc1C([N+](=O)[O-])([N+](=O)[O-])[N+](=O)[O-]. The Bertz CT molecular complexity index is 548. The molecule has 1 aromatic rings. The molecule has 0 aliphatic heterocycles. The third-order valence-corrected chi connectivity index (χ3v) is 2.23. The fourth-order valence-corrected chi connectivity index (χ4v) is 1.41. The Labute approximate surface area is 102 Å². The second kappa shape index (κ2) is 4.59. The second-order valence-electron chi connectivity index (χ2n) is 3.18. The first-order valence-corrected chi connectivity index (χ1v) is 4.43. The molecule has 0 saturated heterocycles. The average molecular weight is 272 g/mol. The molecule has 12 heteroatoms. The van der Waals surface area contributed by atoms with Crippen molar-refractivity contribution in [2.75, 3.05) is 0 Å². The second-order valence-corrected chi connectivity index (χ2v) is 3.18. The van der Waals surface area contributed by atoms with Crippen LogP contribution in [0.1, 0.15) is 5.56 Å². The van der Waals surface area contributed by atoms with Crippen LogP contribution in [0, 0.1) is 40.5 Å². The Kier molecular flexibility index (Phi) is 3.36. The van der Waals surface area contributed by atoms with E-state index in [1.807, 2.05) is 0 Å². The molecule has 19 heavy (non-hydrogen) atoms. The van der Waals surface area contributed by atoms with Crippen LogP contribution in [0.15, 0.2) is 24.3 Å². The van der Waals surface area contributed by atoms with Gasteiger partial charge in [0.2, 0.25) is 0 Å². The predicted octanol–water partition coefficient (Wildman–Crippen LogP) is 0.535. The van der Waals surface area contributed by atoms with E-state index in [-0.39, 0.29) is 0 Å². The van der Waals surface area contributed by atoms with Crippen molar-refractivity contribution < 1.29 is 19.7 Å². The van der Waals surface area contributed by atoms with Crippen LogP contribution in [0.4, 0.5) is 5.69 Å². The van der Waals surface area contributed by atoms with Gasteiger partial charge in [0, 0.05) is 6.07 Å². The third-order valence-electron chi connectivity index (χ3n) is 2.23. The molecule has 0 aliphatic rings. The monoisotopic (exact) mass is 272 g/mol. The van der Waals surface area contributed by atoms with Crippen LogP contribution >= 0.6 is 0 Å². The summed E-state index contributed by atoms with van der Waals surface area (Å²) < 4.78 is 0. The summed E-state index contributed by atoms with van der Waals surface area (Å²) in [5.74, 6) is -4.01. The summed E-state index contributed by atoms with van der Waals surface area (Å²) in [7, 11) is 0. The molecule has 0 fully saturated rings. The lowest BCUT2D eigenvalue weighted by molar-refractivity contribution is -0.986. The largest absolute Gasteiger partial charge is 0.735 e. The van der Waals surface area contributed by atoms with Gasteiger partial charge in [0.1, 0.15) is 0 Å². The quantitative estimate of drug-likeness (QED) is 0.423. The van der Waals surface area contributed by atoms with E-state index in [2.05, 4.69) is 0 Å². The van der Waals surface area contributed by atoms with Gasteiger partial charge in [0.05, 0.1) is 4.92 Å². The van der Waals surface area contributed by atoms with E-state index >= 15 is 0 Å². The van der Waals surface area contributed by atoms with E-state index in [9.17, 15) is 40.5 Å². The molecule has 0 amide bonds. The van der Waals surface area contributed by atoms with Crippen molar-refractivity contribution in [1.82, 2.24) is 0 Å². The maximum absolute atomic E-state index is 10.8. The van der Waals surface area contributed by atoms with Crippen LogP contribution in [-0.2, 0) is 5.79 Å². The molecule has 0 aromatic heterocycles. The van der Waals surface area contributed by atoms with Gasteiger partial charge in [-0.25, -0.2) is 0 Å². The summed E-state index contributed by atoms with van der Waals surface area (Å²) in [5, 5.41) is 43.0.